The number of hydrogen-bond donors (Lipinski definition) is 1. The number of hydrogen-bond acceptors (Lipinski definition) is 6. The Kier molecular flexibility index (Phi) is 7.66. The van der Waals surface area contributed by atoms with Gasteiger partial charge in [0.05, 0.1) is 12.3 Å². The van der Waals surface area contributed by atoms with Crippen LogP contribution in [0.5, 0.6) is 0 Å². The highest BCUT2D eigenvalue weighted by atomic mass is 16.5. The van der Waals surface area contributed by atoms with Crippen LogP contribution in [0.2, 0.25) is 0 Å². The predicted octanol–water partition coefficient (Wildman–Crippen LogP) is 2.75. The van der Waals surface area contributed by atoms with Crippen LogP contribution in [-0.2, 0) is 17.6 Å². The predicted molar refractivity (Wildman–Crippen MR) is 94.0 cm³/mol. The van der Waals surface area contributed by atoms with E-state index in [1.165, 1.54) is 0 Å². The molecule has 7 nitrogen and oxygen atoms in total. The van der Waals surface area contributed by atoms with E-state index in [1.807, 2.05) is 12.1 Å². The first kappa shape index (κ1) is 19.2. The maximum atomic E-state index is 12.2. The fourth-order valence-corrected chi connectivity index (χ4v) is 2.79. The largest absolute Gasteiger partial charge is 0.468 e. The summed E-state index contributed by atoms with van der Waals surface area (Å²) in [6, 6.07) is 3.86. The third-order valence-corrected chi connectivity index (χ3v) is 4.17. The van der Waals surface area contributed by atoms with Crippen LogP contribution in [0.1, 0.15) is 57.1 Å². The van der Waals surface area contributed by atoms with Gasteiger partial charge in [0, 0.05) is 25.8 Å². The molecule has 2 aromatic rings. The topological polar surface area (TPSA) is 84.4 Å². The molecule has 2 aromatic heterocycles. The first-order valence-corrected chi connectivity index (χ1v) is 9.03. The van der Waals surface area contributed by atoms with Crippen molar-refractivity contribution >= 4 is 5.91 Å². The fourth-order valence-electron chi connectivity index (χ4n) is 2.79. The Morgan fingerprint density at radius 3 is 2.72 bits per heavy atom. The van der Waals surface area contributed by atoms with E-state index in [1.54, 1.807) is 6.26 Å². The Labute approximate surface area is 148 Å². The summed E-state index contributed by atoms with van der Waals surface area (Å²) in [5.41, 5.74) is 0. The number of aromatic nitrogens is 2. The number of rotatable bonds is 11. The van der Waals surface area contributed by atoms with Crippen molar-refractivity contribution in [1.82, 2.24) is 20.4 Å². The molecule has 0 aliphatic heterocycles. The van der Waals surface area contributed by atoms with Gasteiger partial charge in [-0.05, 0) is 31.6 Å². The van der Waals surface area contributed by atoms with Gasteiger partial charge in [-0.2, -0.15) is 4.98 Å². The molecule has 2 heterocycles. The van der Waals surface area contributed by atoms with Gasteiger partial charge in [-0.3, -0.25) is 9.69 Å². The van der Waals surface area contributed by atoms with Crippen LogP contribution in [0.25, 0.3) is 0 Å². The van der Waals surface area contributed by atoms with Gasteiger partial charge < -0.3 is 14.3 Å². The summed E-state index contributed by atoms with van der Waals surface area (Å²) in [6.45, 7) is 8.56. The van der Waals surface area contributed by atoms with Crippen LogP contribution >= 0.6 is 0 Å². The lowest BCUT2D eigenvalue weighted by Gasteiger charge is -2.28. The molecule has 0 saturated carbocycles. The molecule has 0 saturated heterocycles. The number of nitrogens with zero attached hydrogens (tertiary/aromatic N) is 3. The van der Waals surface area contributed by atoms with Crippen LogP contribution in [0.3, 0.4) is 0 Å². The van der Waals surface area contributed by atoms with Crippen molar-refractivity contribution in [2.45, 2.75) is 52.5 Å². The number of furan rings is 1. The average Bonchev–Trinajstić information content (AvgIpc) is 3.29. The summed E-state index contributed by atoms with van der Waals surface area (Å²) in [6.07, 6.45) is 4.22. The quantitative estimate of drug-likeness (QED) is 0.672. The van der Waals surface area contributed by atoms with Crippen LogP contribution in [0, 0.1) is 0 Å². The van der Waals surface area contributed by atoms with Gasteiger partial charge in [-0.25, -0.2) is 0 Å². The molecule has 25 heavy (non-hydrogen) atoms. The summed E-state index contributed by atoms with van der Waals surface area (Å²) in [5.74, 6) is 2.06. The van der Waals surface area contributed by atoms with E-state index in [-0.39, 0.29) is 11.9 Å². The zero-order chi connectivity index (χ0) is 18.1. The molecule has 0 aliphatic rings. The van der Waals surface area contributed by atoms with Crippen LogP contribution < -0.4 is 5.32 Å². The van der Waals surface area contributed by atoms with E-state index in [9.17, 15) is 4.79 Å². The first-order valence-electron chi connectivity index (χ1n) is 9.03. The Morgan fingerprint density at radius 2 is 2.08 bits per heavy atom. The summed E-state index contributed by atoms with van der Waals surface area (Å²) >= 11 is 0. The van der Waals surface area contributed by atoms with Crippen LogP contribution in [0.4, 0.5) is 0 Å². The molecule has 1 amide bonds. The van der Waals surface area contributed by atoms with Crippen molar-refractivity contribution in [3.8, 4) is 0 Å². The van der Waals surface area contributed by atoms with Gasteiger partial charge in [0.2, 0.25) is 11.8 Å². The minimum absolute atomic E-state index is 0.0287. The number of carbonyl (C=O) groups is 1. The Hall–Kier alpha value is -2.15. The van der Waals surface area contributed by atoms with Crippen LogP contribution in [0.15, 0.2) is 27.3 Å². The maximum Gasteiger partial charge on any atom is 0.227 e. The average molecular weight is 348 g/mol. The third-order valence-electron chi connectivity index (χ3n) is 4.17. The van der Waals surface area contributed by atoms with E-state index in [2.05, 4.69) is 41.1 Å². The van der Waals surface area contributed by atoms with Gasteiger partial charge in [-0.1, -0.05) is 25.9 Å². The molecule has 1 atom stereocenters. The SMILES string of the molecule is CCCc1noc(CCC(=O)NC[C@@H](c2ccco2)N(CC)CC)n1. The second-order valence-electron chi connectivity index (χ2n) is 5.91. The zero-order valence-corrected chi connectivity index (χ0v) is 15.3. The molecule has 0 radical (unpaired) electrons. The summed E-state index contributed by atoms with van der Waals surface area (Å²) in [4.78, 5) is 18.7. The number of aryl methyl sites for hydroxylation is 2. The molecular weight excluding hydrogens is 320 g/mol. The zero-order valence-electron chi connectivity index (χ0n) is 15.3. The maximum absolute atomic E-state index is 12.2. The molecule has 2 rings (SSSR count). The number of likely N-dealkylation sites (N-methyl/N-ethyl adjacent to an activating group) is 1. The molecule has 0 unspecified atom stereocenters. The first-order chi connectivity index (χ1) is 12.2. The van der Waals surface area contributed by atoms with Gasteiger partial charge in [0.25, 0.3) is 0 Å². The molecule has 0 spiro atoms. The number of amides is 1. The van der Waals surface area contributed by atoms with Gasteiger partial charge in [0.15, 0.2) is 5.82 Å². The molecular formula is C18H28N4O3. The molecule has 0 bridgehead atoms. The number of nitrogens with one attached hydrogen (secondary N) is 1. The highest BCUT2D eigenvalue weighted by molar-refractivity contribution is 5.76. The minimum atomic E-state index is -0.0287. The summed E-state index contributed by atoms with van der Waals surface area (Å²) in [7, 11) is 0. The third kappa shape index (κ3) is 5.70. The summed E-state index contributed by atoms with van der Waals surface area (Å²) in [5, 5.41) is 6.89. The lowest BCUT2D eigenvalue weighted by atomic mass is 10.1. The Morgan fingerprint density at radius 1 is 1.28 bits per heavy atom. The van der Waals surface area contributed by atoms with Gasteiger partial charge in [-0.15, -0.1) is 0 Å². The van der Waals surface area contributed by atoms with E-state index in [4.69, 9.17) is 8.94 Å². The Bertz CT molecular complexity index is 620. The molecule has 7 heteroatoms. The molecule has 0 fully saturated rings. The molecule has 138 valence electrons. The van der Waals surface area contributed by atoms with Crippen molar-refractivity contribution in [2.75, 3.05) is 19.6 Å². The van der Waals surface area contributed by atoms with E-state index >= 15 is 0 Å². The number of carbonyl (C=O) groups excluding carboxylic acids is 1. The van der Waals surface area contributed by atoms with E-state index in [0.29, 0.717) is 31.1 Å². The van der Waals surface area contributed by atoms with Crippen molar-refractivity contribution < 1.29 is 13.7 Å². The highest BCUT2D eigenvalue weighted by Crippen LogP contribution is 2.20. The monoisotopic (exact) mass is 348 g/mol. The smallest absolute Gasteiger partial charge is 0.227 e. The Balaban J connectivity index is 1.83. The van der Waals surface area contributed by atoms with Crippen LogP contribution in [-0.4, -0.2) is 40.6 Å². The van der Waals surface area contributed by atoms with Gasteiger partial charge in [0.1, 0.15) is 5.76 Å². The second-order valence-corrected chi connectivity index (χ2v) is 5.91. The van der Waals surface area contributed by atoms with E-state index in [0.717, 1.165) is 31.7 Å². The minimum Gasteiger partial charge on any atom is -0.468 e. The van der Waals surface area contributed by atoms with Crippen molar-refractivity contribution in [1.29, 1.82) is 0 Å². The van der Waals surface area contributed by atoms with Crippen molar-refractivity contribution in [2.24, 2.45) is 0 Å². The van der Waals surface area contributed by atoms with Gasteiger partial charge >= 0.3 is 0 Å². The standard InChI is InChI=1S/C18H28N4O3/c1-4-8-16-20-18(25-21-16)11-10-17(23)19-13-14(22(5-2)6-3)15-9-7-12-24-15/h7,9,12,14H,4-6,8,10-11,13H2,1-3H3,(H,19,23)/t14-/m0/s1. The fraction of sp³-hybridized carbons (Fsp3) is 0.611. The normalized spacial score (nSPS) is 12.5. The molecule has 1 N–H and O–H groups in total. The lowest BCUT2D eigenvalue weighted by molar-refractivity contribution is -0.121. The van der Waals surface area contributed by atoms with E-state index < -0.39 is 0 Å². The van der Waals surface area contributed by atoms with Crippen molar-refractivity contribution in [3.63, 3.8) is 0 Å². The highest BCUT2D eigenvalue weighted by Gasteiger charge is 2.21. The summed E-state index contributed by atoms with van der Waals surface area (Å²) < 4.78 is 10.7. The second kappa shape index (κ2) is 9.98. The molecule has 0 aliphatic carbocycles. The lowest BCUT2D eigenvalue weighted by Crippen LogP contribution is -2.38. The van der Waals surface area contributed by atoms with Crippen molar-refractivity contribution in [3.05, 3.63) is 35.9 Å². The molecule has 0 aromatic carbocycles.